The topological polar surface area (TPSA) is 43.8 Å². The number of hydrogen-bond acceptors (Lipinski definition) is 4. The third-order valence-electron chi connectivity index (χ3n) is 3.07. The van der Waals surface area contributed by atoms with E-state index in [0.717, 1.165) is 22.9 Å². The average molecular weight is 289 g/mol. The molecule has 0 bridgehead atoms. The van der Waals surface area contributed by atoms with E-state index in [1.807, 2.05) is 19.1 Å². The van der Waals surface area contributed by atoms with Crippen molar-refractivity contribution in [2.24, 2.45) is 0 Å². The highest BCUT2D eigenvalue weighted by molar-refractivity contribution is 7.98. The van der Waals surface area contributed by atoms with Gasteiger partial charge in [0.25, 0.3) is 0 Å². The molecule has 19 heavy (non-hydrogen) atoms. The number of nitrogens with zero attached hydrogens (tertiary/aromatic N) is 2. The molecule has 2 N–H and O–H groups in total. The summed E-state index contributed by atoms with van der Waals surface area (Å²) in [6.07, 6.45) is 4.19. The number of anilines is 1. The molecule has 0 spiro atoms. The lowest BCUT2D eigenvalue weighted by molar-refractivity contribution is 0.824. The number of benzene rings is 1. The van der Waals surface area contributed by atoms with Gasteiger partial charge in [-0.1, -0.05) is 0 Å². The molecule has 98 valence electrons. The van der Waals surface area contributed by atoms with Crippen molar-refractivity contribution in [2.75, 3.05) is 12.0 Å². The van der Waals surface area contributed by atoms with Crippen LogP contribution in [0.3, 0.4) is 0 Å². The number of nitrogens with two attached hydrogens (primary N) is 1. The minimum atomic E-state index is 0.805. The van der Waals surface area contributed by atoms with Crippen LogP contribution in [0.1, 0.15) is 10.7 Å². The first-order valence-electron chi connectivity index (χ1n) is 6.01. The Morgan fingerprint density at radius 2 is 2.26 bits per heavy atom. The smallest absolute Gasteiger partial charge is 0.113 e. The van der Waals surface area contributed by atoms with Gasteiger partial charge < -0.3 is 10.3 Å². The van der Waals surface area contributed by atoms with Crippen molar-refractivity contribution < 1.29 is 0 Å². The second-order valence-electron chi connectivity index (χ2n) is 4.48. The Labute approximate surface area is 120 Å². The third-order valence-corrected chi connectivity index (χ3v) is 4.79. The maximum atomic E-state index is 5.99. The van der Waals surface area contributed by atoms with Crippen LogP contribution in [0, 0.1) is 6.92 Å². The van der Waals surface area contributed by atoms with E-state index in [9.17, 15) is 0 Å². The van der Waals surface area contributed by atoms with E-state index in [-0.39, 0.29) is 0 Å². The Morgan fingerprint density at radius 1 is 1.42 bits per heavy atom. The van der Waals surface area contributed by atoms with Gasteiger partial charge in [-0.2, -0.15) is 0 Å². The van der Waals surface area contributed by atoms with Crippen molar-refractivity contribution in [2.45, 2.75) is 18.4 Å². The largest absolute Gasteiger partial charge is 0.399 e. The lowest BCUT2D eigenvalue weighted by Crippen LogP contribution is -1.98. The summed E-state index contributed by atoms with van der Waals surface area (Å²) in [7, 11) is 0. The number of hydrogen-bond donors (Lipinski definition) is 1. The van der Waals surface area contributed by atoms with Crippen LogP contribution in [0.25, 0.3) is 10.9 Å². The van der Waals surface area contributed by atoms with Crippen LogP contribution in [-0.2, 0) is 6.54 Å². The molecular formula is C14H15N3S2. The molecule has 3 rings (SSSR count). The molecule has 0 saturated heterocycles. The highest BCUT2D eigenvalue weighted by atomic mass is 32.2. The molecule has 3 nitrogen and oxygen atoms in total. The molecule has 5 heteroatoms. The summed E-state index contributed by atoms with van der Waals surface area (Å²) in [5, 5.41) is 4.47. The molecule has 0 aliphatic rings. The molecule has 0 amide bonds. The van der Waals surface area contributed by atoms with E-state index in [1.165, 1.54) is 15.8 Å². The van der Waals surface area contributed by atoms with Crippen LogP contribution in [0.15, 0.2) is 34.7 Å². The molecule has 0 fully saturated rings. The first-order chi connectivity index (χ1) is 9.17. The summed E-state index contributed by atoms with van der Waals surface area (Å²) in [5.41, 5.74) is 9.06. The summed E-state index contributed by atoms with van der Waals surface area (Å²) in [4.78, 5) is 5.74. The van der Waals surface area contributed by atoms with Gasteiger partial charge in [0.05, 0.1) is 12.1 Å². The minimum Gasteiger partial charge on any atom is -0.399 e. The molecule has 0 atom stereocenters. The van der Waals surface area contributed by atoms with Gasteiger partial charge in [-0.3, -0.25) is 0 Å². The van der Waals surface area contributed by atoms with Crippen LogP contribution in [0.4, 0.5) is 5.69 Å². The van der Waals surface area contributed by atoms with Gasteiger partial charge >= 0.3 is 0 Å². The highest BCUT2D eigenvalue weighted by Gasteiger charge is 2.08. The molecule has 0 saturated carbocycles. The summed E-state index contributed by atoms with van der Waals surface area (Å²) in [5.74, 6) is 0. The number of thioether (sulfide) groups is 1. The second kappa shape index (κ2) is 4.90. The highest BCUT2D eigenvalue weighted by Crippen LogP contribution is 2.30. The summed E-state index contributed by atoms with van der Waals surface area (Å²) < 4.78 is 2.21. The quantitative estimate of drug-likeness (QED) is 0.590. The third kappa shape index (κ3) is 2.35. The molecule has 2 aromatic heterocycles. The number of thiazole rings is 1. The number of aryl methyl sites for hydroxylation is 1. The van der Waals surface area contributed by atoms with Gasteiger partial charge in [0.15, 0.2) is 0 Å². The van der Waals surface area contributed by atoms with Crippen LogP contribution in [-0.4, -0.2) is 15.8 Å². The number of fused-ring (bicyclic) bond motifs is 1. The van der Waals surface area contributed by atoms with Gasteiger partial charge in [-0.25, -0.2) is 4.98 Å². The zero-order chi connectivity index (χ0) is 13.4. The molecule has 0 unspecified atom stereocenters. The van der Waals surface area contributed by atoms with Crippen molar-refractivity contribution in [3.05, 3.63) is 40.5 Å². The Kier molecular flexibility index (Phi) is 3.24. The first kappa shape index (κ1) is 12.6. The van der Waals surface area contributed by atoms with Gasteiger partial charge in [-0.15, -0.1) is 23.1 Å². The molecule has 0 aliphatic heterocycles. The monoisotopic (exact) mass is 289 g/mol. The molecule has 2 heterocycles. The van der Waals surface area contributed by atoms with E-state index in [1.54, 1.807) is 23.1 Å². The van der Waals surface area contributed by atoms with Gasteiger partial charge in [0, 0.05) is 33.2 Å². The maximum Gasteiger partial charge on any atom is 0.113 e. The van der Waals surface area contributed by atoms with Gasteiger partial charge in [-0.05, 0) is 31.4 Å². The van der Waals surface area contributed by atoms with Gasteiger partial charge in [0.1, 0.15) is 5.01 Å². The number of nitrogen functional groups attached to an aromatic ring is 1. The number of rotatable bonds is 3. The van der Waals surface area contributed by atoms with E-state index in [2.05, 4.69) is 33.5 Å². The molecule has 3 aromatic rings. The molecule has 1 aromatic carbocycles. The van der Waals surface area contributed by atoms with Crippen molar-refractivity contribution in [1.29, 1.82) is 0 Å². The predicted molar refractivity (Wildman–Crippen MR) is 84.1 cm³/mol. The lowest BCUT2D eigenvalue weighted by atomic mass is 10.2. The average Bonchev–Trinajstić information content (AvgIpc) is 2.96. The number of aromatic nitrogens is 2. The van der Waals surface area contributed by atoms with Gasteiger partial charge in [0.2, 0.25) is 0 Å². The molecule has 0 radical (unpaired) electrons. The lowest BCUT2D eigenvalue weighted by Gasteiger charge is -2.06. The standard InChI is InChI=1S/C14H15N3S2/c1-9-8-19-14(16-9)7-17-4-3-11-12(17)5-10(15)6-13(11)18-2/h3-6,8H,7,15H2,1-2H3. The molecule has 0 aliphatic carbocycles. The maximum absolute atomic E-state index is 5.99. The summed E-state index contributed by atoms with van der Waals surface area (Å²) in [6.45, 7) is 2.83. The second-order valence-corrected chi connectivity index (χ2v) is 6.27. The van der Waals surface area contributed by atoms with E-state index < -0.39 is 0 Å². The van der Waals surface area contributed by atoms with Crippen LogP contribution in [0.2, 0.25) is 0 Å². The zero-order valence-electron chi connectivity index (χ0n) is 10.9. The summed E-state index contributed by atoms with van der Waals surface area (Å²) >= 11 is 3.43. The van der Waals surface area contributed by atoms with Crippen molar-refractivity contribution >= 4 is 39.7 Å². The molecular weight excluding hydrogens is 274 g/mol. The fraction of sp³-hybridized carbons (Fsp3) is 0.214. The van der Waals surface area contributed by atoms with Crippen LogP contribution in [0.5, 0.6) is 0 Å². The van der Waals surface area contributed by atoms with E-state index >= 15 is 0 Å². The Balaban J connectivity index is 2.07. The Morgan fingerprint density at radius 3 is 2.95 bits per heavy atom. The normalized spacial score (nSPS) is 11.3. The first-order valence-corrected chi connectivity index (χ1v) is 8.11. The van der Waals surface area contributed by atoms with Crippen molar-refractivity contribution in [3.63, 3.8) is 0 Å². The van der Waals surface area contributed by atoms with E-state index in [4.69, 9.17) is 5.73 Å². The predicted octanol–water partition coefficient (Wildman–Crippen LogP) is 3.76. The SMILES string of the molecule is CSc1cc(N)cc2c1ccn2Cc1nc(C)cs1. The van der Waals surface area contributed by atoms with E-state index in [0.29, 0.717) is 0 Å². The Hall–Kier alpha value is -1.46. The Bertz CT molecular complexity index is 727. The fourth-order valence-corrected chi connectivity index (χ4v) is 3.63. The van der Waals surface area contributed by atoms with Crippen molar-refractivity contribution in [3.8, 4) is 0 Å². The fourth-order valence-electron chi connectivity index (χ4n) is 2.21. The van der Waals surface area contributed by atoms with Crippen LogP contribution < -0.4 is 5.73 Å². The van der Waals surface area contributed by atoms with Crippen molar-refractivity contribution in [1.82, 2.24) is 9.55 Å². The van der Waals surface area contributed by atoms with Crippen LogP contribution >= 0.6 is 23.1 Å². The minimum absolute atomic E-state index is 0.805. The zero-order valence-corrected chi connectivity index (χ0v) is 12.5. The summed E-state index contributed by atoms with van der Waals surface area (Å²) in [6, 6.07) is 6.22.